The van der Waals surface area contributed by atoms with Gasteiger partial charge in [-0.2, -0.15) is 0 Å². The van der Waals surface area contributed by atoms with Crippen LogP contribution < -0.4 is 0 Å². The first-order chi connectivity index (χ1) is 12.3. The van der Waals surface area contributed by atoms with Gasteiger partial charge in [0.15, 0.2) is 0 Å². The Morgan fingerprint density at radius 3 is 2.46 bits per heavy atom. The lowest BCUT2D eigenvalue weighted by molar-refractivity contribution is -0.137. The summed E-state index contributed by atoms with van der Waals surface area (Å²) in [5.74, 6) is -0.905. The van der Waals surface area contributed by atoms with Crippen molar-refractivity contribution in [3.8, 4) is 0 Å². The topological polar surface area (TPSA) is 76.4 Å². The monoisotopic (exact) mass is 391 g/mol. The third kappa shape index (κ3) is 3.61. The number of halogens is 1. The molecule has 0 atom stereocenters. The van der Waals surface area contributed by atoms with Gasteiger partial charge in [0.25, 0.3) is 10.0 Å². The number of carboxylic acid groups (broad SMARTS) is 1. The quantitative estimate of drug-likeness (QED) is 0.681. The van der Waals surface area contributed by atoms with Gasteiger partial charge in [-0.1, -0.05) is 29.3 Å². The molecule has 0 aliphatic rings. The van der Waals surface area contributed by atoms with E-state index < -0.39 is 16.0 Å². The molecule has 1 heterocycles. The number of rotatable bonds is 6. The highest BCUT2D eigenvalue weighted by molar-refractivity contribution is 7.90. The van der Waals surface area contributed by atoms with Crippen LogP contribution in [0.5, 0.6) is 0 Å². The van der Waals surface area contributed by atoms with Gasteiger partial charge in [-0.05, 0) is 56.2 Å². The molecule has 0 saturated heterocycles. The Labute approximate surface area is 156 Å². The molecule has 3 rings (SSSR count). The maximum absolute atomic E-state index is 13.2. The number of hydrogen-bond acceptors (Lipinski definition) is 3. The van der Waals surface area contributed by atoms with Crippen molar-refractivity contribution >= 4 is 38.5 Å². The fourth-order valence-corrected chi connectivity index (χ4v) is 4.66. The number of carboxylic acids is 1. The van der Waals surface area contributed by atoms with Crippen molar-refractivity contribution < 1.29 is 18.3 Å². The molecule has 0 aliphatic heterocycles. The summed E-state index contributed by atoms with van der Waals surface area (Å²) in [6.45, 7) is 1.89. The van der Waals surface area contributed by atoms with E-state index in [9.17, 15) is 13.2 Å². The van der Waals surface area contributed by atoms with Crippen LogP contribution in [0.15, 0.2) is 53.4 Å². The van der Waals surface area contributed by atoms with Crippen LogP contribution in [0.4, 0.5) is 0 Å². The number of benzene rings is 2. The third-order valence-corrected chi connectivity index (χ3v) is 6.19. The normalized spacial score (nSPS) is 11.8. The second-order valence-corrected chi connectivity index (χ2v) is 8.39. The van der Waals surface area contributed by atoms with Crippen LogP contribution in [0, 0.1) is 6.92 Å². The summed E-state index contributed by atoms with van der Waals surface area (Å²) in [6.07, 6.45) is 0.666. The van der Waals surface area contributed by atoms with Gasteiger partial charge >= 0.3 is 5.97 Å². The molecule has 0 bridgehead atoms. The predicted octanol–water partition coefficient (Wildman–Crippen LogP) is 4.25. The average molecular weight is 392 g/mol. The van der Waals surface area contributed by atoms with E-state index in [1.165, 1.54) is 3.97 Å². The van der Waals surface area contributed by atoms with Gasteiger partial charge in [0.1, 0.15) is 0 Å². The summed E-state index contributed by atoms with van der Waals surface area (Å²) in [5, 5.41) is 10.1. The molecule has 0 fully saturated rings. The zero-order valence-corrected chi connectivity index (χ0v) is 15.7. The number of nitrogens with zero attached hydrogens (tertiary/aromatic N) is 1. The number of aryl methyl sites for hydroxylation is 2. The summed E-state index contributed by atoms with van der Waals surface area (Å²) >= 11 is 6.04. The van der Waals surface area contributed by atoms with Crippen molar-refractivity contribution in [2.24, 2.45) is 0 Å². The summed E-state index contributed by atoms with van der Waals surface area (Å²) < 4.78 is 27.8. The number of fused-ring (bicyclic) bond motifs is 1. The van der Waals surface area contributed by atoms with E-state index in [-0.39, 0.29) is 11.3 Å². The van der Waals surface area contributed by atoms with Crippen LogP contribution in [-0.4, -0.2) is 23.5 Å². The molecule has 0 spiro atoms. The number of aromatic nitrogens is 1. The van der Waals surface area contributed by atoms with Crippen LogP contribution in [-0.2, 0) is 21.2 Å². The van der Waals surface area contributed by atoms with Gasteiger partial charge in [-0.25, -0.2) is 12.4 Å². The minimum atomic E-state index is -3.81. The Hall–Kier alpha value is -2.31. The molecule has 7 heteroatoms. The molecule has 1 aromatic heterocycles. The largest absolute Gasteiger partial charge is 0.481 e. The molecule has 0 amide bonds. The fourth-order valence-electron chi connectivity index (χ4n) is 2.91. The molecule has 0 aliphatic carbocycles. The number of carbonyl (C=O) groups is 1. The van der Waals surface area contributed by atoms with Gasteiger partial charge in [0.05, 0.1) is 10.4 Å². The smallest absolute Gasteiger partial charge is 0.303 e. The fraction of sp³-hybridized carbons (Fsp3) is 0.211. The standard InChI is InChI=1S/C19H18ClNO4S/c1-13-5-8-17(9-6-13)26(24,25)21-16(3-2-4-19(22)23)12-14-11-15(20)7-10-18(14)21/h5-12H,2-4H2,1H3,(H,22,23). The number of hydrogen-bond donors (Lipinski definition) is 1. The van der Waals surface area contributed by atoms with E-state index in [1.807, 2.05) is 6.92 Å². The Bertz CT molecular complexity index is 1070. The summed E-state index contributed by atoms with van der Waals surface area (Å²) in [5.41, 5.74) is 2.04. The van der Waals surface area contributed by atoms with Gasteiger partial charge in [0.2, 0.25) is 0 Å². The maximum Gasteiger partial charge on any atom is 0.303 e. The van der Waals surface area contributed by atoms with Gasteiger partial charge in [-0.3, -0.25) is 4.79 Å². The van der Waals surface area contributed by atoms with E-state index >= 15 is 0 Å². The van der Waals surface area contributed by atoms with E-state index in [2.05, 4.69) is 0 Å². The highest BCUT2D eigenvalue weighted by atomic mass is 35.5. The molecule has 0 saturated carbocycles. The lowest BCUT2D eigenvalue weighted by Crippen LogP contribution is -2.16. The molecule has 2 aromatic carbocycles. The van der Waals surface area contributed by atoms with Gasteiger partial charge < -0.3 is 5.11 Å². The van der Waals surface area contributed by atoms with Crippen LogP contribution in [0.25, 0.3) is 10.9 Å². The molecule has 1 N–H and O–H groups in total. The lowest BCUT2D eigenvalue weighted by atomic mass is 10.2. The van der Waals surface area contributed by atoms with E-state index in [0.717, 1.165) is 5.56 Å². The predicted molar refractivity (Wildman–Crippen MR) is 101 cm³/mol. The molecule has 3 aromatic rings. The van der Waals surface area contributed by atoms with Gasteiger partial charge in [-0.15, -0.1) is 0 Å². The first kappa shape index (κ1) is 18.5. The molecular weight excluding hydrogens is 374 g/mol. The Balaban J connectivity index is 2.15. The highest BCUT2D eigenvalue weighted by Crippen LogP contribution is 2.29. The van der Waals surface area contributed by atoms with E-state index in [0.29, 0.717) is 34.5 Å². The van der Waals surface area contributed by atoms with Crippen molar-refractivity contribution in [3.63, 3.8) is 0 Å². The van der Waals surface area contributed by atoms with Crippen molar-refractivity contribution in [2.45, 2.75) is 31.1 Å². The van der Waals surface area contributed by atoms with Crippen molar-refractivity contribution in [1.29, 1.82) is 0 Å². The minimum absolute atomic E-state index is 0.0210. The lowest BCUT2D eigenvalue weighted by Gasteiger charge is -2.12. The SMILES string of the molecule is Cc1ccc(S(=O)(=O)n2c(CCCC(=O)O)cc3cc(Cl)ccc32)cc1. The van der Waals surface area contributed by atoms with Crippen molar-refractivity contribution in [2.75, 3.05) is 0 Å². The van der Waals surface area contributed by atoms with Crippen LogP contribution >= 0.6 is 11.6 Å². The third-order valence-electron chi connectivity index (χ3n) is 4.17. The van der Waals surface area contributed by atoms with E-state index in [4.69, 9.17) is 16.7 Å². The number of aliphatic carboxylic acids is 1. The Morgan fingerprint density at radius 2 is 1.81 bits per heavy atom. The van der Waals surface area contributed by atoms with Crippen LogP contribution in [0.1, 0.15) is 24.1 Å². The maximum atomic E-state index is 13.2. The second-order valence-electron chi connectivity index (χ2n) is 6.17. The van der Waals surface area contributed by atoms with Gasteiger partial charge in [0, 0.05) is 22.5 Å². The zero-order valence-electron chi connectivity index (χ0n) is 14.1. The summed E-state index contributed by atoms with van der Waals surface area (Å²) in [4.78, 5) is 11.0. The van der Waals surface area contributed by atoms with Crippen molar-refractivity contribution in [3.05, 3.63) is 64.8 Å². The van der Waals surface area contributed by atoms with Crippen LogP contribution in [0.2, 0.25) is 5.02 Å². The van der Waals surface area contributed by atoms with E-state index in [1.54, 1.807) is 48.5 Å². The Morgan fingerprint density at radius 1 is 1.12 bits per heavy atom. The average Bonchev–Trinajstić information content (AvgIpc) is 2.92. The molecule has 0 unspecified atom stereocenters. The summed E-state index contributed by atoms with van der Waals surface area (Å²) in [7, 11) is -3.81. The molecule has 5 nitrogen and oxygen atoms in total. The van der Waals surface area contributed by atoms with Crippen molar-refractivity contribution in [1.82, 2.24) is 3.97 Å². The zero-order chi connectivity index (χ0) is 18.9. The summed E-state index contributed by atoms with van der Waals surface area (Å²) in [6, 6.07) is 13.4. The van der Waals surface area contributed by atoms with Crippen LogP contribution in [0.3, 0.4) is 0 Å². The molecule has 136 valence electrons. The first-order valence-corrected chi connectivity index (χ1v) is 9.95. The Kier molecular flexibility index (Phi) is 5.07. The minimum Gasteiger partial charge on any atom is -0.481 e. The molecular formula is C19H18ClNO4S. The first-order valence-electron chi connectivity index (χ1n) is 8.13. The second kappa shape index (κ2) is 7.13. The highest BCUT2D eigenvalue weighted by Gasteiger charge is 2.23. The molecule has 0 radical (unpaired) electrons. The molecule has 26 heavy (non-hydrogen) atoms.